The average molecular weight is 212 g/mol. The maximum atomic E-state index is 11.5. The largest absolute Gasteiger partial charge is 0.379 e. The maximum Gasteiger partial charge on any atom is 0.223 e. The van der Waals surface area contributed by atoms with Gasteiger partial charge in [0.05, 0.1) is 13.2 Å². The normalized spacial score (nSPS) is 24.9. The summed E-state index contributed by atoms with van der Waals surface area (Å²) >= 11 is 0. The highest BCUT2D eigenvalue weighted by molar-refractivity contribution is 5.81. The third-order valence-corrected chi connectivity index (χ3v) is 2.97. The molecule has 2 fully saturated rings. The van der Waals surface area contributed by atoms with Crippen LogP contribution in [0.15, 0.2) is 0 Å². The van der Waals surface area contributed by atoms with E-state index in [0.29, 0.717) is 5.92 Å². The number of hydrogen-bond acceptors (Lipinski definition) is 3. The lowest BCUT2D eigenvalue weighted by Gasteiger charge is -2.29. The Morgan fingerprint density at radius 1 is 1.47 bits per heavy atom. The Morgan fingerprint density at radius 3 is 2.73 bits per heavy atom. The standard InChI is InChI=1S/C11H20N2O2/c1-9(12-11(14)10-2-3-10)8-13-4-6-15-7-5-13/h9-10H,2-8H2,1H3,(H,12,14)/t9-/m1/s1. The van der Waals surface area contributed by atoms with Gasteiger partial charge in [-0.1, -0.05) is 0 Å². The van der Waals surface area contributed by atoms with Crippen molar-refractivity contribution < 1.29 is 9.53 Å². The fraction of sp³-hybridized carbons (Fsp3) is 0.909. The van der Waals surface area contributed by atoms with Crippen LogP contribution in [0.2, 0.25) is 0 Å². The van der Waals surface area contributed by atoms with E-state index in [1.165, 1.54) is 0 Å². The Bertz CT molecular complexity index is 223. The zero-order chi connectivity index (χ0) is 10.7. The molecule has 4 nitrogen and oxygen atoms in total. The molecule has 1 saturated carbocycles. The molecule has 4 heteroatoms. The molecule has 1 N–H and O–H groups in total. The third-order valence-electron chi connectivity index (χ3n) is 2.97. The molecule has 0 aromatic heterocycles. The van der Waals surface area contributed by atoms with Crippen LogP contribution < -0.4 is 5.32 Å². The molecule has 0 unspecified atom stereocenters. The number of rotatable bonds is 4. The van der Waals surface area contributed by atoms with Crippen LogP contribution in [0.1, 0.15) is 19.8 Å². The van der Waals surface area contributed by atoms with Gasteiger partial charge in [0.15, 0.2) is 0 Å². The van der Waals surface area contributed by atoms with Crippen molar-refractivity contribution in [1.29, 1.82) is 0 Å². The van der Waals surface area contributed by atoms with E-state index in [2.05, 4.69) is 17.1 Å². The number of carbonyl (C=O) groups excluding carboxylic acids is 1. The number of nitrogens with one attached hydrogen (secondary N) is 1. The highest BCUT2D eigenvalue weighted by atomic mass is 16.5. The topological polar surface area (TPSA) is 41.6 Å². The van der Waals surface area contributed by atoms with Crippen molar-refractivity contribution in [3.8, 4) is 0 Å². The molecular formula is C11H20N2O2. The van der Waals surface area contributed by atoms with E-state index in [1.807, 2.05) is 0 Å². The molecule has 1 aliphatic heterocycles. The Balaban J connectivity index is 1.66. The fourth-order valence-electron chi connectivity index (χ4n) is 1.92. The van der Waals surface area contributed by atoms with Gasteiger partial charge in [0.2, 0.25) is 5.91 Å². The minimum Gasteiger partial charge on any atom is -0.379 e. The molecular weight excluding hydrogens is 192 g/mol. The van der Waals surface area contributed by atoms with Crippen LogP contribution in [0, 0.1) is 5.92 Å². The van der Waals surface area contributed by atoms with Crippen molar-refractivity contribution in [2.24, 2.45) is 5.92 Å². The lowest BCUT2D eigenvalue weighted by Crippen LogP contribution is -2.46. The van der Waals surface area contributed by atoms with Crippen LogP contribution in [0.25, 0.3) is 0 Å². The minimum atomic E-state index is 0.246. The smallest absolute Gasteiger partial charge is 0.223 e. The van der Waals surface area contributed by atoms with Crippen LogP contribution in [-0.2, 0) is 9.53 Å². The summed E-state index contributed by atoms with van der Waals surface area (Å²) in [5.41, 5.74) is 0. The van der Waals surface area contributed by atoms with Gasteiger partial charge in [-0.25, -0.2) is 0 Å². The lowest BCUT2D eigenvalue weighted by atomic mass is 10.2. The summed E-state index contributed by atoms with van der Waals surface area (Å²) in [4.78, 5) is 13.9. The first-order valence-electron chi connectivity index (χ1n) is 5.86. The van der Waals surface area contributed by atoms with Crippen LogP contribution in [-0.4, -0.2) is 49.7 Å². The van der Waals surface area contributed by atoms with Crippen molar-refractivity contribution in [3.05, 3.63) is 0 Å². The van der Waals surface area contributed by atoms with E-state index >= 15 is 0 Å². The minimum absolute atomic E-state index is 0.246. The zero-order valence-electron chi connectivity index (χ0n) is 9.37. The zero-order valence-corrected chi connectivity index (χ0v) is 9.37. The molecule has 0 aromatic carbocycles. The molecule has 1 atom stereocenters. The molecule has 1 saturated heterocycles. The molecule has 15 heavy (non-hydrogen) atoms. The number of nitrogens with zero attached hydrogens (tertiary/aromatic N) is 1. The summed E-state index contributed by atoms with van der Waals surface area (Å²) in [6.45, 7) is 6.65. The Labute approximate surface area is 91.0 Å². The van der Waals surface area contributed by atoms with E-state index in [0.717, 1.165) is 45.7 Å². The summed E-state index contributed by atoms with van der Waals surface area (Å²) in [6, 6.07) is 0.260. The van der Waals surface area contributed by atoms with Gasteiger partial charge in [0.1, 0.15) is 0 Å². The number of morpholine rings is 1. The summed E-state index contributed by atoms with van der Waals surface area (Å²) in [5.74, 6) is 0.563. The molecule has 86 valence electrons. The van der Waals surface area contributed by atoms with Crippen molar-refractivity contribution >= 4 is 5.91 Å². The molecule has 0 aromatic rings. The van der Waals surface area contributed by atoms with Crippen LogP contribution in [0.4, 0.5) is 0 Å². The predicted molar refractivity (Wildman–Crippen MR) is 57.6 cm³/mol. The number of carbonyl (C=O) groups is 1. The summed E-state index contributed by atoms with van der Waals surface area (Å²) in [6.07, 6.45) is 2.16. The summed E-state index contributed by atoms with van der Waals surface area (Å²) in [5, 5.41) is 3.07. The van der Waals surface area contributed by atoms with Crippen molar-refractivity contribution in [3.63, 3.8) is 0 Å². The van der Waals surface area contributed by atoms with E-state index in [4.69, 9.17) is 4.74 Å². The molecule has 0 radical (unpaired) electrons. The molecule has 2 rings (SSSR count). The first-order valence-corrected chi connectivity index (χ1v) is 5.86. The molecule has 0 bridgehead atoms. The summed E-state index contributed by atoms with van der Waals surface area (Å²) < 4.78 is 5.28. The van der Waals surface area contributed by atoms with Crippen LogP contribution in [0.3, 0.4) is 0 Å². The quantitative estimate of drug-likeness (QED) is 0.725. The van der Waals surface area contributed by atoms with Gasteiger partial charge >= 0.3 is 0 Å². The fourth-order valence-corrected chi connectivity index (χ4v) is 1.92. The van der Waals surface area contributed by atoms with Gasteiger partial charge in [0.25, 0.3) is 0 Å². The van der Waals surface area contributed by atoms with Gasteiger partial charge in [-0.15, -0.1) is 0 Å². The molecule has 1 heterocycles. The van der Waals surface area contributed by atoms with Gasteiger partial charge in [-0.3, -0.25) is 9.69 Å². The first-order chi connectivity index (χ1) is 7.25. The second kappa shape index (κ2) is 4.94. The third kappa shape index (κ3) is 3.47. The molecule has 2 aliphatic rings. The maximum absolute atomic E-state index is 11.5. The van der Waals surface area contributed by atoms with Crippen molar-refractivity contribution in [1.82, 2.24) is 10.2 Å². The number of amides is 1. The number of hydrogen-bond donors (Lipinski definition) is 1. The highest BCUT2D eigenvalue weighted by Crippen LogP contribution is 2.28. The monoisotopic (exact) mass is 212 g/mol. The molecule has 1 amide bonds. The molecule has 1 aliphatic carbocycles. The Morgan fingerprint density at radius 2 is 2.13 bits per heavy atom. The summed E-state index contributed by atoms with van der Waals surface area (Å²) in [7, 11) is 0. The average Bonchev–Trinajstić information content (AvgIpc) is 3.01. The van der Waals surface area contributed by atoms with Crippen LogP contribution in [0.5, 0.6) is 0 Å². The van der Waals surface area contributed by atoms with Gasteiger partial charge in [0, 0.05) is 31.6 Å². The van der Waals surface area contributed by atoms with Gasteiger partial charge in [-0.2, -0.15) is 0 Å². The Kier molecular flexibility index (Phi) is 3.59. The van der Waals surface area contributed by atoms with Gasteiger partial charge in [-0.05, 0) is 19.8 Å². The van der Waals surface area contributed by atoms with Crippen LogP contribution >= 0.6 is 0 Å². The second-order valence-electron chi connectivity index (χ2n) is 4.60. The lowest BCUT2D eigenvalue weighted by molar-refractivity contribution is -0.123. The predicted octanol–water partition coefficient (Wildman–Crippen LogP) is 0.233. The van der Waals surface area contributed by atoms with Crippen molar-refractivity contribution in [2.75, 3.05) is 32.8 Å². The Hall–Kier alpha value is -0.610. The second-order valence-corrected chi connectivity index (χ2v) is 4.60. The highest BCUT2D eigenvalue weighted by Gasteiger charge is 2.30. The van der Waals surface area contributed by atoms with E-state index in [9.17, 15) is 4.79 Å². The van der Waals surface area contributed by atoms with Gasteiger partial charge < -0.3 is 10.1 Å². The SMILES string of the molecule is C[C@H](CN1CCOCC1)NC(=O)C1CC1. The van der Waals surface area contributed by atoms with E-state index < -0.39 is 0 Å². The van der Waals surface area contributed by atoms with E-state index in [1.54, 1.807) is 0 Å². The molecule has 0 spiro atoms. The van der Waals surface area contributed by atoms with Crippen molar-refractivity contribution in [2.45, 2.75) is 25.8 Å². The first kappa shape index (κ1) is 10.9. The van der Waals surface area contributed by atoms with E-state index in [-0.39, 0.29) is 11.9 Å². The number of ether oxygens (including phenoxy) is 1.